The third-order valence-electron chi connectivity index (χ3n) is 5.12. The fourth-order valence-electron chi connectivity index (χ4n) is 3.53. The van der Waals surface area contributed by atoms with Crippen LogP contribution in [-0.4, -0.2) is 59.0 Å². The van der Waals surface area contributed by atoms with Crippen molar-refractivity contribution in [3.8, 4) is 0 Å². The molecule has 0 aliphatic carbocycles. The molecule has 0 atom stereocenters. The fraction of sp³-hybridized carbons (Fsp3) is 0.500. The highest BCUT2D eigenvalue weighted by atomic mass is 127. The summed E-state index contributed by atoms with van der Waals surface area (Å²) in [7, 11) is 0. The molecule has 2 N–H and O–H groups in total. The van der Waals surface area contributed by atoms with Gasteiger partial charge in [-0.2, -0.15) is 5.10 Å². The Labute approximate surface area is 201 Å². The SMILES string of the molecule is CCNC(=NCc1ccccc1Cn1cccn1)NC1CCN(C(=O)OCC)CC1.I. The van der Waals surface area contributed by atoms with E-state index in [1.807, 2.05) is 36.0 Å². The van der Waals surface area contributed by atoms with Gasteiger partial charge in [-0.1, -0.05) is 24.3 Å². The number of piperidine rings is 1. The van der Waals surface area contributed by atoms with Crippen molar-refractivity contribution < 1.29 is 9.53 Å². The molecule has 1 aliphatic heterocycles. The van der Waals surface area contributed by atoms with Crippen LogP contribution in [-0.2, 0) is 17.8 Å². The first-order valence-corrected chi connectivity index (χ1v) is 10.7. The number of rotatable bonds is 7. The molecule has 0 spiro atoms. The third kappa shape index (κ3) is 7.71. The average molecular weight is 540 g/mol. The van der Waals surface area contributed by atoms with E-state index in [1.165, 1.54) is 11.1 Å². The molecular weight excluding hydrogens is 507 g/mol. The van der Waals surface area contributed by atoms with E-state index < -0.39 is 0 Å². The first-order valence-electron chi connectivity index (χ1n) is 10.7. The number of carbonyl (C=O) groups excluding carboxylic acids is 1. The number of aromatic nitrogens is 2. The predicted octanol–water partition coefficient (Wildman–Crippen LogP) is 3.23. The Morgan fingerprint density at radius 3 is 2.58 bits per heavy atom. The maximum atomic E-state index is 11.9. The van der Waals surface area contributed by atoms with Crippen LogP contribution in [0, 0.1) is 0 Å². The Bertz CT molecular complexity index is 819. The van der Waals surface area contributed by atoms with Gasteiger partial charge >= 0.3 is 6.09 Å². The average Bonchev–Trinajstić information content (AvgIpc) is 3.27. The van der Waals surface area contributed by atoms with Crippen LogP contribution in [0.2, 0.25) is 0 Å². The molecule has 2 heterocycles. The van der Waals surface area contributed by atoms with Crippen molar-refractivity contribution in [1.29, 1.82) is 0 Å². The second-order valence-electron chi connectivity index (χ2n) is 7.27. The second kappa shape index (κ2) is 13.2. The molecule has 9 heteroatoms. The standard InChI is InChI=1S/C22H32N6O2.HI/c1-3-23-21(26-20-10-14-27(15-11-20)22(29)30-4-2)24-16-18-8-5-6-9-19(18)17-28-13-7-12-25-28;/h5-9,12-13,20H,3-4,10-11,14-17H2,1-2H3,(H2,23,24,26);1H. The molecule has 0 radical (unpaired) electrons. The van der Waals surface area contributed by atoms with E-state index in [-0.39, 0.29) is 36.1 Å². The van der Waals surface area contributed by atoms with Gasteiger partial charge in [0.15, 0.2) is 5.96 Å². The van der Waals surface area contributed by atoms with Crippen LogP contribution in [0.25, 0.3) is 0 Å². The van der Waals surface area contributed by atoms with Gasteiger partial charge in [0.25, 0.3) is 0 Å². The molecule has 170 valence electrons. The van der Waals surface area contributed by atoms with E-state index in [4.69, 9.17) is 9.73 Å². The molecule has 1 aromatic heterocycles. The smallest absolute Gasteiger partial charge is 0.409 e. The number of guanidine groups is 1. The van der Waals surface area contributed by atoms with Crippen LogP contribution in [0.1, 0.15) is 37.8 Å². The number of hydrogen-bond acceptors (Lipinski definition) is 4. The number of benzene rings is 1. The van der Waals surface area contributed by atoms with Crippen molar-refractivity contribution in [2.24, 2.45) is 4.99 Å². The summed E-state index contributed by atoms with van der Waals surface area (Å²) in [6, 6.07) is 10.5. The van der Waals surface area contributed by atoms with E-state index >= 15 is 0 Å². The van der Waals surface area contributed by atoms with Crippen LogP contribution in [0.15, 0.2) is 47.7 Å². The molecule has 2 aromatic rings. The topological polar surface area (TPSA) is 83.8 Å². The highest BCUT2D eigenvalue weighted by Gasteiger charge is 2.24. The predicted molar refractivity (Wildman–Crippen MR) is 133 cm³/mol. The van der Waals surface area contributed by atoms with Gasteiger partial charge in [-0.25, -0.2) is 9.79 Å². The molecule has 0 bridgehead atoms. The lowest BCUT2D eigenvalue weighted by molar-refractivity contribution is 0.0963. The lowest BCUT2D eigenvalue weighted by atomic mass is 10.1. The maximum Gasteiger partial charge on any atom is 0.409 e. The van der Waals surface area contributed by atoms with Gasteiger partial charge in [0, 0.05) is 38.1 Å². The highest BCUT2D eigenvalue weighted by molar-refractivity contribution is 14.0. The largest absolute Gasteiger partial charge is 0.450 e. The van der Waals surface area contributed by atoms with E-state index in [0.29, 0.717) is 26.2 Å². The van der Waals surface area contributed by atoms with Gasteiger partial charge in [0.1, 0.15) is 0 Å². The van der Waals surface area contributed by atoms with E-state index in [1.54, 1.807) is 11.1 Å². The number of nitrogens with zero attached hydrogens (tertiary/aromatic N) is 4. The third-order valence-corrected chi connectivity index (χ3v) is 5.12. The van der Waals surface area contributed by atoms with Crippen molar-refractivity contribution in [3.05, 3.63) is 53.9 Å². The lowest BCUT2D eigenvalue weighted by Gasteiger charge is -2.32. The van der Waals surface area contributed by atoms with Gasteiger partial charge in [-0.15, -0.1) is 24.0 Å². The number of nitrogens with one attached hydrogen (secondary N) is 2. The lowest BCUT2D eigenvalue weighted by Crippen LogP contribution is -2.49. The van der Waals surface area contributed by atoms with Crippen LogP contribution >= 0.6 is 24.0 Å². The summed E-state index contributed by atoms with van der Waals surface area (Å²) in [5, 5.41) is 11.2. The minimum atomic E-state index is -0.217. The first kappa shape index (κ1) is 25.0. The summed E-state index contributed by atoms with van der Waals surface area (Å²) in [6.07, 6.45) is 5.29. The Morgan fingerprint density at radius 2 is 1.94 bits per heavy atom. The van der Waals surface area contributed by atoms with E-state index in [0.717, 1.165) is 31.9 Å². The highest BCUT2D eigenvalue weighted by Crippen LogP contribution is 2.13. The number of halogens is 1. The Hall–Kier alpha value is -2.30. The molecule has 8 nitrogen and oxygen atoms in total. The van der Waals surface area contributed by atoms with E-state index in [2.05, 4.69) is 34.8 Å². The summed E-state index contributed by atoms with van der Waals surface area (Å²) in [4.78, 5) is 18.5. The molecular formula is C22H33IN6O2. The fourth-order valence-corrected chi connectivity index (χ4v) is 3.53. The Kier molecular flexibility index (Phi) is 10.6. The summed E-state index contributed by atoms with van der Waals surface area (Å²) >= 11 is 0. The zero-order valence-electron chi connectivity index (χ0n) is 18.3. The van der Waals surface area contributed by atoms with Crippen LogP contribution in [0.3, 0.4) is 0 Å². The molecule has 1 fully saturated rings. The van der Waals surface area contributed by atoms with Crippen molar-refractivity contribution >= 4 is 36.0 Å². The number of amides is 1. The second-order valence-corrected chi connectivity index (χ2v) is 7.27. The van der Waals surface area contributed by atoms with Gasteiger partial charge in [0.2, 0.25) is 0 Å². The molecule has 31 heavy (non-hydrogen) atoms. The van der Waals surface area contributed by atoms with Crippen molar-refractivity contribution in [2.45, 2.75) is 45.8 Å². The van der Waals surface area contributed by atoms with Gasteiger partial charge in [-0.3, -0.25) is 4.68 Å². The van der Waals surface area contributed by atoms with Gasteiger partial charge < -0.3 is 20.3 Å². The normalized spacial score (nSPS) is 14.6. The van der Waals surface area contributed by atoms with Crippen molar-refractivity contribution in [1.82, 2.24) is 25.3 Å². The molecule has 3 rings (SSSR count). The van der Waals surface area contributed by atoms with E-state index in [9.17, 15) is 4.79 Å². The number of ether oxygens (including phenoxy) is 1. The Morgan fingerprint density at radius 1 is 1.19 bits per heavy atom. The summed E-state index contributed by atoms with van der Waals surface area (Å²) in [5.74, 6) is 0.806. The first-order chi connectivity index (χ1) is 14.7. The number of likely N-dealkylation sites (tertiary alicyclic amines) is 1. The number of carbonyl (C=O) groups is 1. The summed E-state index contributed by atoms with van der Waals surface area (Å²) in [5.41, 5.74) is 2.39. The summed E-state index contributed by atoms with van der Waals surface area (Å²) < 4.78 is 7.02. The van der Waals surface area contributed by atoms with Crippen LogP contribution < -0.4 is 10.6 Å². The molecule has 1 saturated heterocycles. The van der Waals surface area contributed by atoms with Crippen molar-refractivity contribution in [2.75, 3.05) is 26.2 Å². The zero-order chi connectivity index (χ0) is 21.2. The molecule has 0 saturated carbocycles. The van der Waals surface area contributed by atoms with Gasteiger partial charge in [-0.05, 0) is 43.9 Å². The van der Waals surface area contributed by atoms with Crippen molar-refractivity contribution in [3.63, 3.8) is 0 Å². The molecule has 1 amide bonds. The quantitative estimate of drug-likeness (QED) is 0.320. The maximum absolute atomic E-state index is 11.9. The summed E-state index contributed by atoms with van der Waals surface area (Å²) in [6.45, 7) is 7.82. The van der Waals surface area contributed by atoms with Crippen LogP contribution in [0.5, 0.6) is 0 Å². The number of aliphatic imine (C=N–C) groups is 1. The molecule has 1 aromatic carbocycles. The van der Waals surface area contributed by atoms with Crippen LogP contribution in [0.4, 0.5) is 4.79 Å². The molecule has 0 unspecified atom stereocenters. The Balaban J connectivity index is 0.00000341. The molecule has 1 aliphatic rings. The minimum Gasteiger partial charge on any atom is -0.450 e. The van der Waals surface area contributed by atoms with Gasteiger partial charge in [0.05, 0.1) is 19.7 Å². The monoisotopic (exact) mass is 540 g/mol. The minimum absolute atomic E-state index is 0. The zero-order valence-corrected chi connectivity index (χ0v) is 20.6. The number of hydrogen-bond donors (Lipinski definition) is 2.